The molecule has 1 N–H and O–H groups in total. The summed E-state index contributed by atoms with van der Waals surface area (Å²) in [6.07, 6.45) is 0.656. The highest BCUT2D eigenvalue weighted by molar-refractivity contribution is 7.89. The topological polar surface area (TPSA) is 96.0 Å². The van der Waals surface area contributed by atoms with Crippen LogP contribution >= 0.6 is 11.6 Å². The third-order valence-electron chi connectivity index (χ3n) is 7.19. The molecule has 0 bridgehead atoms. The summed E-state index contributed by atoms with van der Waals surface area (Å²) >= 11 is 6.03. The molecule has 2 heterocycles. The number of fused-ring (bicyclic) bond motifs is 2. The summed E-state index contributed by atoms with van der Waals surface area (Å²) in [6.45, 7) is 8.42. The maximum atomic E-state index is 13.3. The van der Waals surface area contributed by atoms with Gasteiger partial charge in [-0.3, -0.25) is 4.79 Å². The van der Waals surface area contributed by atoms with Crippen molar-refractivity contribution in [3.8, 4) is 0 Å². The predicted octanol–water partition coefficient (Wildman–Crippen LogP) is 5.43. The number of rotatable bonds is 4. The van der Waals surface area contributed by atoms with E-state index in [9.17, 15) is 18.0 Å². The van der Waals surface area contributed by atoms with E-state index in [2.05, 4.69) is 4.72 Å². The highest BCUT2D eigenvalue weighted by atomic mass is 35.5. The second-order valence-electron chi connectivity index (χ2n) is 11.1. The zero-order chi connectivity index (χ0) is 28.1. The quantitative estimate of drug-likeness (QED) is 0.452. The Labute approximate surface area is 233 Å². The first-order valence-electron chi connectivity index (χ1n) is 13.0. The summed E-state index contributed by atoms with van der Waals surface area (Å²) in [4.78, 5) is 29.4. The lowest BCUT2D eigenvalue weighted by Crippen LogP contribution is -2.42. The number of hydrogen-bond acceptors (Lipinski definition) is 5. The van der Waals surface area contributed by atoms with E-state index in [1.54, 1.807) is 40.1 Å². The smallest absolute Gasteiger partial charge is 0.410 e. The minimum atomic E-state index is -3.91. The first-order valence-corrected chi connectivity index (χ1v) is 14.8. The van der Waals surface area contributed by atoms with E-state index >= 15 is 0 Å². The van der Waals surface area contributed by atoms with Crippen LogP contribution in [0.25, 0.3) is 10.8 Å². The molecular weight excluding hydrogens is 538 g/mol. The third kappa shape index (κ3) is 5.62. The van der Waals surface area contributed by atoms with Gasteiger partial charge in [0.1, 0.15) is 11.6 Å². The summed E-state index contributed by atoms with van der Waals surface area (Å²) < 4.78 is 34.4. The molecule has 2 atom stereocenters. The average molecular weight is 570 g/mol. The predicted molar refractivity (Wildman–Crippen MR) is 152 cm³/mol. The van der Waals surface area contributed by atoms with Crippen molar-refractivity contribution < 1.29 is 22.7 Å². The normalized spacial score (nSPS) is 19.9. The molecule has 2 aliphatic heterocycles. The molecule has 0 saturated carbocycles. The molecule has 8 nitrogen and oxygen atoms in total. The van der Waals surface area contributed by atoms with E-state index in [0.717, 1.165) is 27.6 Å². The van der Waals surface area contributed by atoms with Crippen LogP contribution in [0.15, 0.2) is 59.5 Å². The van der Waals surface area contributed by atoms with Gasteiger partial charge in [-0.15, -0.1) is 0 Å². The maximum Gasteiger partial charge on any atom is 0.410 e. The number of hydrogen-bond donors (Lipinski definition) is 1. The lowest BCUT2D eigenvalue weighted by molar-refractivity contribution is -0.118. The molecule has 5 rings (SSSR count). The third-order valence-corrected chi connectivity index (χ3v) is 8.90. The van der Waals surface area contributed by atoms with Crippen LogP contribution in [0, 0.1) is 0 Å². The van der Waals surface area contributed by atoms with E-state index in [1.807, 2.05) is 45.9 Å². The fourth-order valence-electron chi connectivity index (χ4n) is 5.22. The van der Waals surface area contributed by atoms with Crippen molar-refractivity contribution in [3.63, 3.8) is 0 Å². The van der Waals surface area contributed by atoms with Gasteiger partial charge in [0.15, 0.2) is 0 Å². The van der Waals surface area contributed by atoms with Crippen LogP contribution in [-0.4, -0.2) is 50.1 Å². The van der Waals surface area contributed by atoms with Crippen LogP contribution in [-0.2, 0) is 26.0 Å². The number of carbonyl (C=O) groups is 2. The van der Waals surface area contributed by atoms with Crippen LogP contribution in [0.1, 0.15) is 51.3 Å². The standard InChI is InChI=1S/C29H32ClN3O5S/c1-18-25-10-8-23(16-21(25)11-13-32(18)28(35)38-29(2,3)4)33-14-12-26(27(33)34)31-39(36,37)24-9-6-19-15-22(30)7-5-20(19)17-24/h5-10,15-18,26,31H,11-14H2,1-4H3/t18-,26+/m1/s1. The highest BCUT2D eigenvalue weighted by Crippen LogP contribution is 2.34. The molecule has 1 saturated heterocycles. The van der Waals surface area contributed by atoms with E-state index in [1.165, 1.54) is 6.07 Å². The monoisotopic (exact) mass is 569 g/mol. The zero-order valence-electron chi connectivity index (χ0n) is 22.4. The van der Waals surface area contributed by atoms with Crippen molar-refractivity contribution in [3.05, 3.63) is 70.7 Å². The number of halogens is 1. The Bertz CT molecular complexity index is 1570. The fraction of sp³-hybridized carbons (Fsp3) is 0.379. The largest absolute Gasteiger partial charge is 0.444 e. The fourth-order valence-corrected chi connectivity index (χ4v) is 6.66. The Hall–Kier alpha value is -3.14. The molecule has 3 aromatic rings. The average Bonchev–Trinajstić information content (AvgIpc) is 3.21. The minimum absolute atomic E-state index is 0.0980. The van der Waals surface area contributed by atoms with Crippen molar-refractivity contribution in [2.24, 2.45) is 0 Å². The number of amides is 2. The van der Waals surface area contributed by atoms with Crippen LogP contribution in [0.4, 0.5) is 10.5 Å². The summed E-state index contributed by atoms with van der Waals surface area (Å²) in [5.74, 6) is -0.287. The Morgan fingerprint density at radius 2 is 1.74 bits per heavy atom. The van der Waals surface area contributed by atoms with Crippen LogP contribution in [0.5, 0.6) is 0 Å². The van der Waals surface area contributed by atoms with E-state index in [4.69, 9.17) is 16.3 Å². The van der Waals surface area contributed by atoms with Gasteiger partial charge in [0, 0.05) is 23.8 Å². The number of sulfonamides is 1. The second-order valence-corrected chi connectivity index (χ2v) is 13.2. The number of nitrogens with one attached hydrogen (secondary N) is 1. The molecule has 39 heavy (non-hydrogen) atoms. The molecular formula is C29H32ClN3O5S. The summed E-state index contributed by atoms with van der Waals surface area (Å²) in [5.41, 5.74) is 2.23. The highest BCUT2D eigenvalue weighted by Gasteiger charge is 2.37. The van der Waals surface area contributed by atoms with Gasteiger partial charge < -0.3 is 14.5 Å². The number of carbonyl (C=O) groups excluding carboxylic acids is 2. The molecule has 0 aromatic heterocycles. The molecule has 10 heteroatoms. The molecule has 206 valence electrons. The lowest BCUT2D eigenvalue weighted by atomic mass is 9.93. The molecule has 0 radical (unpaired) electrons. The number of nitrogens with zero attached hydrogens (tertiary/aromatic N) is 2. The molecule has 0 unspecified atom stereocenters. The van der Waals surface area contributed by atoms with Gasteiger partial charge in [-0.25, -0.2) is 13.2 Å². The minimum Gasteiger partial charge on any atom is -0.444 e. The first-order chi connectivity index (χ1) is 18.3. The number of anilines is 1. The summed E-state index contributed by atoms with van der Waals surface area (Å²) in [5, 5.41) is 2.15. The first kappa shape index (κ1) is 27.4. The Morgan fingerprint density at radius 3 is 2.49 bits per heavy atom. The summed E-state index contributed by atoms with van der Waals surface area (Å²) in [6, 6.07) is 14.8. The van der Waals surface area contributed by atoms with Gasteiger partial charge in [0.05, 0.1) is 10.9 Å². The molecule has 1 fully saturated rings. The van der Waals surface area contributed by atoms with Gasteiger partial charge in [0.2, 0.25) is 15.9 Å². The SMILES string of the molecule is C[C@@H]1c2ccc(N3CC[C@H](NS(=O)(=O)c4ccc5cc(Cl)ccc5c4)C3=O)cc2CCN1C(=O)OC(C)(C)C. The second kappa shape index (κ2) is 10.1. The van der Waals surface area contributed by atoms with Crippen molar-refractivity contribution in [2.45, 2.75) is 63.1 Å². The molecule has 0 spiro atoms. The Morgan fingerprint density at radius 1 is 1.03 bits per heavy atom. The van der Waals surface area contributed by atoms with Crippen molar-refractivity contribution in [2.75, 3.05) is 18.0 Å². The molecule has 3 aromatic carbocycles. The zero-order valence-corrected chi connectivity index (χ0v) is 24.0. The van der Waals surface area contributed by atoms with Gasteiger partial charge >= 0.3 is 6.09 Å². The number of ether oxygens (including phenoxy) is 1. The van der Waals surface area contributed by atoms with Crippen LogP contribution < -0.4 is 9.62 Å². The van der Waals surface area contributed by atoms with Crippen LogP contribution in [0.3, 0.4) is 0 Å². The Balaban J connectivity index is 1.30. The van der Waals surface area contributed by atoms with Gasteiger partial charge in [-0.05, 0) is 98.8 Å². The van der Waals surface area contributed by atoms with Crippen LogP contribution in [0.2, 0.25) is 5.02 Å². The summed E-state index contributed by atoms with van der Waals surface area (Å²) in [7, 11) is -3.91. The lowest BCUT2D eigenvalue weighted by Gasteiger charge is -2.36. The number of benzene rings is 3. The van der Waals surface area contributed by atoms with E-state index in [0.29, 0.717) is 31.0 Å². The van der Waals surface area contributed by atoms with Gasteiger partial charge in [0.25, 0.3) is 0 Å². The molecule has 2 aliphatic rings. The van der Waals surface area contributed by atoms with Crippen molar-refractivity contribution in [1.29, 1.82) is 0 Å². The Kier molecular flexibility index (Phi) is 7.11. The van der Waals surface area contributed by atoms with Gasteiger partial charge in [-0.1, -0.05) is 29.8 Å². The van der Waals surface area contributed by atoms with E-state index < -0.39 is 21.7 Å². The molecule has 2 amide bonds. The van der Waals surface area contributed by atoms with E-state index in [-0.39, 0.29) is 22.9 Å². The van der Waals surface area contributed by atoms with Gasteiger partial charge in [-0.2, -0.15) is 4.72 Å². The van der Waals surface area contributed by atoms with Crippen molar-refractivity contribution >= 4 is 50.1 Å². The maximum absolute atomic E-state index is 13.3. The molecule has 0 aliphatic carbocycles. The van der Waals surface area contributed by atoms with Crippen molar-refractivity contribution in [1.82, 2.24) is 9.62 Å².